The molecule has 5 nitrogen and oxygen atoms in total. The highest BCUT2D eigenvalue weighted by atomic mass is 35.5. The van der Waals surface area contributed by atoms with Crippen LogP contribution in [0.3, 0.4) is 0 Å². The Hall–Kier alpha value is -1.07. The van der Waals surface area contributed by atoms with Gasteiger partial charge in [0.2, 0.25) is 0 Å². The number of H-pyrrole nitrogens is 1. The number of aromatic amines is 1. The molecule has 0 spiro atoms. The second kappa shape index (κ2) is 3.83. The number of rotatable bonds is 4. The molecule has 0 amide bonds. The van der Waals surface area contributed by atoms with Gasteiger partial charge in [-0.1, -0.05) is 11.6 Å². The van der Waals surface area contributed by atoms with Gasteiger partial charge in [-0.05, 0) is 12.8 Å². The molecule has 2 rings (SSSR count). The molecule has 15 heavy (non-hydrogen) atoms. The predicted octanol–water partition coefficient (Wildman–Crippen LogP) is 0.608. The molecular formula is C9H12ClN3O2. The zero-order valence-corrected chi connectivity index (χ0v) is 8.84. The first-order valence-electron chi connectivity index (χ1n) is 4.75. The maximum absolute atomic E-state index is 11.1. The summed E-state index contributed by atoms with van der Waals surface area (Å²) < 4.78 is 0. The van der Waals surface area contributed by atoms with Gasteiger partial charge in [-0.2, -0.15) is 5.10 Å². The SMILES string of the molecule is O=c1[nH]ncc(NCC2(CO)CC2)c1Cl. The second-order valence-electron chi connectivity index (χ2n) is 3.94. The summed E-state index contributed by atoms with van der Waals surface area (Å²) in [5.41, 5.74) is 0.0852. The quantitative estimate of drug-likeness (QED) is 0.707. The second-order valence-corrected chi connectivity index (χ2v) is 4.32. The minimum Gasteiger partial charge on any atom is -0.396 e. The Bertz CT molecular complexity index is 414. The monoisotopic (exact) mass is 229 g/mol. The van der Waals surface area contributed by atoms with Crippen LogP contribution in [-0.2, 0) is 0 Å². The fourth-order valence-electron chi connectivity index (χ4n) is 1.36. The lowest BCUT2D eigenvalue weighted by atomic mass is 10.1. The van der Waals surface area contributed by atoms with E-state index in [9.17, 15) is 4.79 Å². The first-order valence-corrected chi connectivity index (χ1v) is 5.13. The molecule has 0 unspecified atom stereocenters. The summed E-state index contributed by atoms with van der Waals surface area (Å²) in [5, 5.41) is 18.1. The minimum absolute atomic E-state index is 0.0219. The van der Waals surface area contributed by atoms with Crippen molar-refractivity contribution in [3.63, 3.8) is 0 Å². The van der Waals surface area contributed by atoms with Crippen molar-refractivity contribution in [3.8, 4) is 0 Å². The van der Waals surface area contributed by atoms with Gasteiger partial charge in [0.05, 0.1) is 18.5 Å². The Balaban J connectivity index is 2.05. The lowest BCUT2D eigenvalue weighted by Gasteiger charge is -2.13. The van der Waals surface area contributed by atoms with E-state index < -0.39 is 5.56 Å². The number of aromatic nitrogens is 2. The van der Waals surface area contributed by atoms with Crippen molar-refractivity contribution in [2.24, 2.45) is 5.41 Å². The third kappa shape index (κ3) is 2.13. The average molecular weight is 230 g/mol. The summed E-state index contributed by atoms with van der Waals surface area (Å²) in [5.74, 6) is 0. The van der Waals surface area contributed by atoms with Gasteiger partial charge in [-0.15, -0.1) is 0 Å². The molecule has 1 aromatic heterocycles. The number of nitrogens with one attached hydrogen (secondary N) is 2. The Morgan fingerprint density at radius 1 is 1.67 bits per heavy atom. The van der Waals surface area contributed by atoms with Crippen LogP contribution in [0.15, 0.2) is 11.0 Å². The Kier molecular flexibility index (Phi) is 2.67. The van der Waals surface area contributed by atoms with Gasteiger partial charge < -0.3 is 10.4 Å². The van der Waals surface area contributed by atoms with Gasteiger partial charge in [0, 0.05) is 12.0 Å². The Morgan fingerprint density at radius 3 is 3.00 bits per heavy atom. The molecule has 1 aliphatic carbocycles. The standard InChI is InChI=1S/C9H12ClN3O2/c10-7-6(3-12-13-8(7)15)11-4-9(5-14)1-2-9/h3,14H,1-2,4-5H2,(H2,11,13,15). The van der Waals surface area contributed by atoms with Crippen LogP contribution in [0, 0.1) is 5.41 Å². The molecule has 1 saturated carbocycles. The average Bonchev–Trinajstić information content (AvgIpc) is 3.01. The first kappa shape index (κ1) is 10.4. The highest BCUT2D eigenvalue weighted by molar-refractivity contribution is 6.32. The van der Waals surface area contributed by atoms with Gasteiger partial charge in [0.25, 0.3) is 5.56 Å². The molecule has 0 radical (unpaired) electrons. The van der Waals surface area contributed by atoms with E-state index >= 15 is 0 Å². The maximum atomic E-state index is 11.1. The summed E-state index contributed by atoms with van der Waals surface area (Å²) in [6.45, 7) is 0.780. The van der Waals surface area contributed by atoms with Gasteiger partial charge in [-0.3, -0.25) is 4.79 Å². The van der Waals surface area contributed by atoms with Crippen molar-refractivity contribution < 1.29 is 5.11 Å². The Labute approximate surface area is 91.5 Å². The van der Waals surface area contributed by atoms with Crippen LogP contribution in [0.2, 0.25) is 5.02 Å². The van der Waals surface area contributed by atoms with Gasteiger partial charge in [0.15, 0.2) is 0 Å². The highest BCUT2D eigenvalue weighted by Crippen LogP contribution is 2.45. The normalized spacial score (nSPS) is 17.5. The number of aliphatic hydroxyl groups excluding tert-OH is 1. The van der Waals surface area contributed by atoms with Crippen LogP contribution in [0.25, 0.3) is 0 Å². The van der Waals surface area contributed by atoms with Crippen molar-refractivity contribution in [2.75, 3.05) is 18.5 Å². The van der Waals surface area contributed by atoms with Crippen molar-refractivity contribution in [2.45, 2.75) is 12.8 Å². The molecule has 0 atom stereocenters. The van der Waals surface area contributed by atoms with Crippen LogP contribution in [0.5, 0.6) is 0 Å². The Morgan fingerprint density at radius 2 is 2.40 bits per heavy atom. The maximum Gasteiger partial charge on any atom is 0.285 e. The zero-order valence-electron chi connectivity index (χ0n) is 8.09. The van der Waals surface area contributed by atoms with E-state index in [2.05, 4.69) is 15.5 Å². The van der Waals surface area contributed by atoms with Gasteiger partial charge >= 0.3 is 0 Å². The van der Waals surface area contributed by atoms with Crippen molar-refractivity contribution in [1.29, 1.82) is 0 Å². The lowest BCUT2D eigenvalue weighted by Crippen LogP contribution is -2.21. The lowest BCUT2D eigenvalue weighted by molar-refractivity contribution is 0.220. The molecule has 0 aliphatic heterocycles. The van der Waals surface area contributed by atoms with Crippen molar-refractivity contribution in [3.05, 3.63) is 21.6 Å². The molecule has 1 heterocycles. The molecule has 82 valence electrons. The number of anilines is 1. The number of hydrogen-bond donors (Lipinski definition) is 3. The summed E-state index contributed by atoms with van der Waals surface area (Å²) in [7, 11) is 0. The third-order valence-corrected chi connectivity index (χ3v) is 3.12. The number of halogens is 1. The van der Waals surface area contributed by atoms with Crippen LogP contribution in [-0.4, -0.2) is 28.5 Å². The molecular weight excluding hydrogens is 218 g/mol. The molecule has 3 N–H and O–H groups in total. The molecule has 0 aromatic carbocycles. The summed E-state index contributed by atoms with van der Waals surface area (Å²) >= 11 is 5.78. The van der Waals surface area contributed by atoms with Gasteiger partial charge in [0.1, 0.15) is 5.02 Å². The molecule has 1 fully saturated rings. The first-order chi connectivity index (χ1) is 7.17. The fourth-order valence-corrected chi connectivity index (χ4v) is 1.51. The molecule has 0 bridgehead atoms. The third-order valence-electron chi connectivity index (χ3n) is 2.74. The smallest absolute Gasteiger partial charge is 0.285 e. The van der Waals surface area contributed by atoms with Crippen LogP contribution < -0.4 is 10.9 Å². The number of aliphatic hydroxyl groups is 1. The van der Waals surface area contributed by atoms with E-state index in [0.29, 0.717) is 12.2 Å². The summed E-state index contributed by atoms with van der Waals surface area (Å²) in [4.78, 5) is 11.1. The summed E-state index contributed by atoms with van der Waals surface area (Å²) in [6, 6.07) is 0. The van der Waals surface area contributed by atoms with E-state index in [1.165, 1.54) is 6.20 Å². The van der Waals surface area contributed by atoms with Crippen LogP contribution in [0.1, 0.15) is 12.8 Å². The number of hydrogen-bond acceptors (Lipinski definition) is 4. The van der Waals surface area contributed by atoms with E-state index in [1.54, 1.807) is 0 Å². The minimum atomic E-state index is -0.407. The molecule has 0 saturated heterocycles. The molecule has 6 heteroatoms. The predicted molar refractivity (Wildman–Crippen MR) is 57.1 cm³/mol. The molecule has 1 aliphatic rings. The van der Waals surface area contributed by atoms with Gasteiger partial charge in [-0.25, -0.2) is 5.10 Å². The van der Waals surface area contributed by atoms with Crippen molar-refractivity contribution >= 4 is 17.3 Å². The van der Waals surface area contributed by atoms with Crippen LogP contribution in [0.4, 0.5) is 5.69 Å². The fraction of sp³-hybridized carbons (Fsp3) is 0.556. The van der Waals surface area contributed by atoms with Crippen molar-refractivity contribution in [1.82, 2.24) is 10.2 Å². The topological polar surface area (TPSA) is 78.0 Å². The largest absolute Gasteiger partial charge is 0.396 e. The van der Waals surface area contributed by atoms with E-state index in [4.69, 9.17) is 16.7 Å². The van der Waals surface area contributed by atoms with Crippen LogP contribution >= 0.6 is 11.6 Å². The van der Waals surface area contributed by atoms with E-state index in [0.717, 1.165) is 12.8 Å². The van der Waals surface area contributed by atoms with E-state index in [-0.39, 0.29) is 17.0 Å². The molecule has 1 aromatic rings. The summed E-state index contributed by atoms with van der Waals surface area (Å²) in [6.07, 6.45) is 3.48. The zero-order chi connectivity index (χ0) is 10.9. The number of nitrogens with zero attached hydrogens (tertiary/aromatic N) is 1. The van der Waals surface area contributed by atoms with E-state index in [1.807, 2.05) is 0 Å². The highest BCUT2D eigenvalue weighted by Gasteiger charge is 2.41.